The number of rotatable bonds is 0. The summed E-state index contributed by atoms with van der Waals surface area (Å²) in [5.41, 5.74) is 3.10. The molecule has 1 aliphatic heterocycles. The Morgan fingerprint density at radius 1 is 1.10 bits per heavy atom. The molecule has 2 N–H and O–H groups in total. The predicted molar refractivity (Wildman–Crippen MR) is 84.3 cm³/mol. The van der Waals surface area contributed by atoms with Gasteiger partial charge in [-0.05, 0) is 28.5 Å². The van der Waals surface area contributed by atoms with Crippen LogP contribution in [-0.2, 0) is 5.41 Å². The third kappa shape index (κ3) is 2.97. The molecule has 0 aliphatic carbocycles. The largest absolute Gasteiger partial charge is 0.379 e. The van der Waals surface area contributed by atoms with Crippen LogP contribution in [0.25, 0.3) is 0 Å². The Bertz CT molecular complexity index is 521. The lowest BCUT2D eigenvalue weighted by Gasteiger charge is -2.31. The van der Waals surface area contributed by atoms with E-state index in [2.05, 4.69) is 64.3 Å². The quantitative estimate of drug-likeness (QED) is 0.759. The fourth-order valence-electron chi connectivity index (χ4n) is 2.38. The minimum Gasteiger partial charge on any atom is -0.379 e. The van der Waals surface area contributed by atoms with E-state index in [9.17, 15) is 4.79 Å². The molecular weight excluding hydrogens is 248 g/mol. The van der Waals surface area contributed by atoms with E-state index in [0.717, 1.165) is 11.3 Å². The lowest BCUT2D eigenvalue weighted by Crippen LogP contribution is -2.41. The van der Waals surface area contributed by atoms with Gasteiger partial charge in [-0.3, -0.25) is 4.79 Å². The second kappa shape index (κ2) is 4.80. The molecule has 1 aliphatic rings. The lowest BCUT2D eigenvalue weighted by molar-refractivity contribution is 0.0951. The summed E-state index contributed by atoms with van der Waals surface area (Å²) in [4.78, 5) is 12.2. The molecule has 0 saturated carbocycles. The van der Waals surface area contributed by atoms with Crippen LogP contribution in [0.3, 0.4) is 0 Å². The normalized spacial score (nSPS) is 19.7. The average molecular weight is 274 g/mol. The maximum atomic E-state index is 12.2. The van der Waals surface area contributed by atoms with Gasteiger partial charge in [-0.2, -0.15) is 0 Å². The smallest absolute Gasteiger partial charge is 0.253 e. The van der Waals surface area contributed by atoms with Crippen LogP contribution in [0.1, 0.15) is 57.5 Å². The van der Waals surface area contributed by atoms with E-state index >= 15 is 0 Å². The van der Waals surface area contributed by atoms with Gasteiger partial charge in [-0.25, -0.2) is 0 Å². The van der Waals surface area contributed by atoms with Crippen molar-refractivity contribution in [3.05, 3.63) is 29.3 Å². The Morgan fingerprint density at radius 3 is 2.30 bits per heavy atom. The lowest BCUT2D eigenvalue weighted by atomic mass is 9.85. The van der Waals surface area contributed by atoms with Gasteiger partial charge >= 0.3 is 0 Å². The van der Waals surface area contributed by atoms with Gasteiger partial charge in [0.05, 0.1) is 5.56 Å². The Labute approximate surface area is 122 Å². The van der Waals surface area contributed by atoms with Gasteiger partial charge in [-0.1, -0.05) is 47.6 Å². The molecule has 3 nitrogen and oxygen atoms in total. The van der Waals surface area contributed by atoms with E-state index in [-0.39, 0.29) is 22.8 Å². The van der Waals surface area contributed by atoms with Gasteiger partial charge < -0.3 is 10.6 Å². The zero-order chi connectivity index (χ0) is 15.1. The molecule has 0 aromatic heterocycles. The zero-order valence-electron chi connectivity index (χ0n) is 13.4. The third-order valence-electron chi connectivity index (χ3n) is 3.97. The second-order valence-electron chi connectivity index (χ2n) is 7.78. The first kappa shape index (κ1) is 14.9. The summed E-state index contributed by atoms with van der Waals surface area (Å²) in [5, 5.41) is 6.57. The van der Waals surface area contributed by atoms with Gasteiger partial charge in [0.1, 0.15) is 0 Å². The molecular formula is C17H26N2O. The summed E-state index contributed by atoms with van der Waals surface area (Å²) in [7, 11) is 0. The Balaban J connectivity index is 2.45. The van der Waals surface area contributed by atoms with E-state index < -0.39 is 0 Å². The van der Waals surface area contributed by atoms with E-state index in [1.807, 2.05) is 6.07 Å². The number of anilines is 1. The van der Waals surface area contributed by atoms with Gasteiger partial charge in [0.2, 0.25) is 0 Å². The van der Waals surface area contributed by atoms with Gasteiger partial charge in [0, 0.05) is 18.3 Å². The van der Waals surface area contributed by atoms with Crippen LogP contribution in [0.5, 0.6) is 0 Å². The van der Waals surface area contributed by atoms with Crippen LogP contribution >= 0.6 is 0 Å². The van der Waals surface area contributed by atoms with E-state index in [1.54, 1.807) is 0 Å². The van der Waals surface area contributed by atoms with Crippen LogP contribution in [0.2, 0.25) is 0 Å². The minimum absolute atomic E-state index is 0.0136. The van der Waals surface area contributed by atoms with Crippen molar-refractivity contribution >= 4 is 11.6 Å². The van der Waals surface area contributed by atoms with E-state index in [1.165, 1.54) is 5.56 Å². The molecule has 1 unspecified atom stereocenters. The third-order valence-corrected chi connectivity index (χ3v) is 3.97. The molecule has 20 heavy (non-hydrogen) atoms. The first-order valence-electron chi connectivity index (χ1n) is 7.28. The summed E-state index contributed by atoms with van der Waals surface area (Å²) in [5.74, 6) is 0.0136. The fourth-order valence-corrected chi connectivity index (χ4v) is 2.38. The van der Waals surface area contributed by atoms with Crippen molar-refractivity contribution < 1.29 is 4.79 Å². The first-order valence-corrected chi connectivity index (χ1v) is 7.28. The zero-order valence-corrected chi connectivity index (χ0v) is 13.4. The Hall–Kier alpha value is -1.51. The molecule has 1 amide bonds. The number of carbonyl (C=O) groups is 1. The van der Waals surface area contributed by atoms with Gasteiger partial charge in [-0.15, -0.1) is 0 Å². The molecule has 110 valence electrons. The molecule has 3 heteroatoms. The maximum Gasteiger partial charge on any atom is 0.253 e. The highest BCUT2D eigenvalue weighted by Crippen LogP contribution is 2.31. The van der Waals surface area contributed by atoms with E-state index in [0.29, 0.717) is 6.54 Å². The molecule has 0 fully saturated rings. The monoisotopic (exact) mass is 274 g/mol. The number of nitrogens with one attached hydrogen (secondary N) is 2. The van der Waals surface area contributed by atoms with Gasteiger partial charge in [0.15, 0.2) is 0 Å². The standard InChI is InChI=1S/C17H26N2O/c1-16(2,3)11-7-8-12-13(9-11)19-14(17(4,5)6)10-18-15(12)20/h7-9,14,19H,10H2,1-6H3,(H,18,20). The van der Waals surface area contributed by atoms with Crippen molar-refractivity contribution in [2.45, 2.75) is 53.0 Å². The SMILES string of the molecule is CC(C)(C)c1ccc2c(c1)NC(C(C)(C)C)CNC2=O. The molecule has 1 aromatic carbocycles. The molecule has 0 bridgehead atoms. The highest BCUT2D eigenvalue weighted by Gasteiger charge is 2.29. The van der Waals surface area contributed by atoms with Crippen molar-refractivity contribution in [3.63, 3.8) is 0 Å². The number of fused-ring (bicyclic) bond motifs is 1. The second-order valence-corrected chi connectivity index (χ2v) is 7.78. The minimum atomic E-state index is 0.0136. The van der Waals surface area contributed by atoms with Crippen LogP contribution in [0.4, 0.5) is 5.69 Å². The van der Waals surface area contributed by atoms with Crippen LogP contribution in [0.15, 0.2) is 18.2 Å². The number of amides is 1. The summed E-state index contributed by atoms with van der Waals surface area (Å²) >= 11 is 0. The Kier molecular flexibility index (Phi) is 3.57. The molecule has 0 spiro atoms. The molecule has 1 atom stereocenters. The highest BCUT2D eigenvalue weighted by molar-refractivity contribution is 6.00. The van der Waals surface area contributed by atoms with Crippen molar-refractivity contribution in [1.29, 1.82) is 0 Å². The van der Waals surface area contributed by atoms with Crippen molar-refractivity contribution in [2.75, 3.05) is 11.9 Å². The summed E-state index contributed by atoms with van der Waals surface area (Å²) < 4.78 is 0. The number of carbonyl (C=O) groups excluding carboxylic acids is 1. The predicted octanol–water partition coefficient (Wildman–Crippen LogP) is 3.55. The molecule has 0 radical (unpaired) electrons. The molecule has 2 rings (SSSR count). The van der Waals surface area contributed by atoms with Crippen LogP contribution in [0, 0.1) is 5.41 Å². The van der Waals surface area contributed by atoms with Gasteiger partial charge in [0.25, 0.3) is 5.91 Å². The Morgan fingerprint density at radius 2 is 1.75 bits per heavy atom. The number of benzene rings is 1. The number of hydrogen-bond acceptors (Lipinski definition) is 2. The topological polar surface area (TPSA) is 41.1 Å². The van der Waals surface area contributed by atoms with E-state index in [4.69, 9.17) is 0 Å². The van der Waals surface area contributed by atoms with Crippen LogP contribution in [-0.4, -0.2) is 18.5 Å². The van der Waals surface area contributed by atoms with Crippen molar-refractivity contribution in [3.8, 4) is 0 Å². The molecule has 1 heterocycles. The highest BCUT2D eigenvalue weighted by atomic mass is 16.1. The molecule has 0 saturated heterocycles. The molecule has 1 aromatic rings. The first-order chi connectivity index (χ1) is 9.09. The maximum absolute atomic E-state index is 12.2. The van der Waals surface area contributed by atoms with Crippen LogP contribution < -0.4 is 10.6 Å². The van der Waals surface area contributed by atoms with Crippen molar-refractivity contribution in [1.82, 2.24) is 5.32 Å². The average Bonchev–Trinajstić information content (AvgIpc) is 2.47. The summed E-state index contributed by atoms with van der Waals surface area (Å²) in [6.07, 6.45) is 0. The van der Waals surface area contributed by atoms with Crippen molar-refractivity contribution in [2.24, 2.45) is 5.41 Å². The number of hydrogen-bond donors (Lipinski definition) is 2. The summed E-state index contributed by atoms with van der Waals surface area (Å²) in [6, 6.07) is 6.34. The fraction of sp³-hybridized carbons (Fsp3) is 0.588. The summed E-state index contributed by atoms with van der Waals surface area (Å²) in [6.45, 7) is 13.8.